The highest BCUT2D eigenvalue weighted by atomic mass is 32.2. The van der Waals surface area contributed by atoms with E-state index in [0.29, 0.717) is 17.0 Å². The van der Waals surface area contributed by atoms with E-state index in [2.05, 4.69) is 18.0 Å². The van der Waals surface area contributed by atoms with E-state index in [4.69, 9.17) is 0 Å². The molecule has 1 heterocycles. The number of unbranched alkanes of at least 4 members (excludes halogenated alkanes) is 4. The van der Waals surface area contributed by atoms with Crippen LogP contribution < -0.4 is 4.90 Å². The Hall–Kier alpha value is -2.67. The third kappa shape index (κ3) is 5.08. The zero-order valence-corrected chi connectivity index (χ0v) is 18.3. The number of nitro benzene ring substituents is 1. The van der Waals surface area contributed by atoms with Gasteiger partial charge in [-0.15, -0.1) is 11.8 Å². The summed E-state index contributed by atoms with van der Waals surface area (Å²) < 4.78 is 0. The number of anilines is 1. The van der Waals surface area contributed by atoms with Crippen LogP contribution in [0.25, 0.3) is 0 Å². The third-order valence-electron chi connectivity index (χ3n) is 5.20. The zero-order valence-electron chi connectivity index (χ0n) is 17.5. The maximum absolute atomic E-state index is 12.4. The van der Waals surface area contributed by atoms with Crippen LogP contribution >= 0.6 is 11.8 Å². The first-order valence-electron chi connectivity index (χ1n) is 10.3. The summed E-state index contributed by atoms with van der Waals surface area (Å²) in [6, 6.07) is 12.6. The predicted octanol–water partition coefficient (Wildman–Crippen LogP) is 5.47. The van der Waals surface area contributed by atoms with Crippen LogP contribution in [0.15, 0.2) is 52.4 Å². The van der Waals surface area contributed by atoms with Gasteiger partial charge in [-0.1, -0.05) is 50.8 Å². The normalized spacial score (nSPS) is 13.6. The van der Waals surface area contributed by atoms with E-state index in [1.54, 1.807) is 24.9 Å². The highest BCUT2D eigenvalue weighted by Gasteiger charge is 2.25. The van der Waals surface area contributed by atoms with Crippen LogP contribution in [-0.2, 0) is 4.79 Å². The molecule has 0 saturated heterocycles. The Balaban J connectivity index is 1.94. The Morgan fingerprint density at radius 3 is 2.63 bits per heavy atom. The molecule has 0 saturated carbocycles. The monoisotopic (exact) mass is 425 g/mol. The number of nitrogens with zero attached hydrogens (tertiary/aromatic N) is 3. The molecule has 6 nitrogen and oxygen atoms in total. The van der Waals surface area contributed by atoms with Crippen molar-refractivity contribution in [3.05, 3.63) is 63.7 Å². The number of non-ortho nitro benzene ring substituents is 1. The van der Waals surface area contributed by atoms with Gasteiger partial charge in [0.25, 0.3) is 5.69 Å². The summed E-state index contributed by atoms with van der Waals surface area (Å²) in [5.41, 5.74) is 2.81. The average molecular weight is 426 g/mol. The molecule has 30 heavy (non-hydrogen) atoms. The first-order chi connectivity index (χ1) is 14.5. The van der Waals surface area contributed by atoms with Crippen LogP contribution in [0.5, 0.6) is 0 Å². The number of benzene rings is 2. The lowest BCUT2D eigenvalue weighted by Gasteiger charge is -2.18. The Morgan fingerprint density at radius 2 is 1.87 bits per heavy atom. The van der Waals surface area contributed by atoms with Crippen molar-refractivity contribution in [1.82, 2.24) is 0 Å². The molecule has 1 amide bonds. The maximum atomic E-state index is 12.4. The van der Waals surface area contributed by atoms with Gasteiger partial charge in [-0.3, -0.25) is 19.9 Å². The lowest BCUT2D eigenvalue weighted by atomic mass is 9.99. The Morgan fingerprint density at radius 1 is 1.10 bits per heavy atom. The number of fused-ring (bicyclic) bond motifs is 1. The van der Waals surface area contributed by atoms with Crippen molar-refractivity contribution in [3.63, 3.8) is 0 Å². The quantitative estimate of drug-likeness (QED) is 0.231. The smallest absolute Gasteiger partial charge is 0.270 e. The molecular weight excluding hydrogens is 398 g/mol. The SMILES string of the molecule is CCCCCCCSc1ccccc1C1=NCC(=O)N(C)c2ccc([N+](=O)[O-])cc21. The van der Waals surface area contributed by atoms with Crippen molar-refractivity contribution < 1.29 is 9.72 Å². The molecule has 0 fully saturated rings. The van der Waals surface area contributed by atoms with Crippen LogP contribution in [0.4, 0.5) is 11.4 Å². The molecule has 0 atom stereocenters. The number of amides is 1. The number of carbonyl (C=O) groups is 1. The van der Waals surface area contributed by atoms with Gasteiger partial charge >= 0.3 is 0 Å². The largest absolute Gasteiger partial charge is 0.313 e. The van der Waals surface area contributed by atoms with E-state index >= 15 is 0 Å². The van der Waals surface area contributed by atoms with Crippen molar-refractivity contribution >= 4 is 34.8 Å². The molecule has 3 rings (SSSR count). The summed E-state index contributed by atoms with van der Waals surface area (Å²) in [6.45, 7) is 2.23. The first kappa shape index (κ1) is 22.0. The maximum Gasteiger partial charge on any atom is 0.270 e. The van der Waals surface area contributed by atoms with Crippen LogP contribution in [0, 0.1) is 10.1 Å². The number of carbonyl (C=O) groups excluding carboxylic acids is 1. The van der Waals surface area contributed by atoms with Crippen molar-refractivity contribution in [2.45, 2.75) is 43.9 Å². The van der Waals surface area contributed by atoms with Gasteiger partial charge in [-0.25, -0.2) is 0 Å². The molecule has 0 radical (unpaired) electrons. The zero-order chi connectivity index (χ0) is 21.5. The number of hydrogen-bond donors (Lipinski definition) is 0. The number of benzodiazepines with no additional fused rings is 1. The average Bonchev–Trinajstić information content (AvgIpc) is 2.87. The number of aliphatic imine (C=N–C) groups is 1. The van der Waals surface area contributed by atoms with E-state index in [0.717, 1.165) is 22.6 Å². The van der Waals surface area contributed by atoms with E-state index in [1.807, 2.05) is 18.2 Å². The summed E-state index contributed by atoms with van der Waals surface area (Å²) in [6.07, 6.45) is 6.13. The standard InChI is InChI=1S/C23H27N3O3S/c1-3-4-5-6-9-14-30-21-11-8-7-10-18(21)23-19-15-17(26(28)29)12-13-20(19)25(2)22(27)16-24-23/h7-8,10-13,15H,3-6,9,14,16H2,1-2H3. The lowest BCUT2D eigenvalue weighted by Crippen LogP contribution is -2.27. The minimum atomic E-state index is -0.415. The van der Waals surface area contributed by atoms with Gasteiger partial charge in [0.05, 0.1) is 16.3 Å². The Kier molecular flexibility index (Phi) is 7.63. The summed E-state index contributed by atoms with van der Waals surface area (Å²) in [7, 11) is 1.68. The molecule has 1 aliphatic rings. The summed E-state index contributed by atoms with van der Waals surface area (Å²) in [5, 5.41) is 11.4. The lowest BCUT2D eigenvalue weighted by molar-refractivity contribution is -0.384. The van der Waals surface area contributed by atoms with Gasteiger partial charge in [0.1, 0.15) is 6.54 Å². The molecule has 7 heteroatoms. The molecule has 0 spiro atoms. The van der Waals surface area contributed by atoms with E-state index in [1.165, 1.54) is 42.7 Å². The van der Waals surface area contributed by atoms with E-state index in [-0.39, 0.29) is 18.1 Å². The molecular formula is C23H27N3O3S. The molecule has 158 valence electrons. The second kappa shape index (κ2) is 10.4. The topological polar surface area (TPSA) is 75.8 Å². The van der Waals surface area contributed by atoms with Gasteiger partial charge < -0.3 is 4.90 Å². The van der Waals surface area contributed by atoms with Crippen molar-refractivity contribution in [3.8, 4) is 0 Å². The molecule has 0 N–H and O–H groups in total. The highest BCUT2D eigenvalue weighted by Crippen LogP contribution is 2.33. The van der Waals surface area contributed by atoms with E-state index in [9.17, 15) is 14.9 Å². The minimum absolute atomic E-state index is 0.00902. The number of nitro groups is 1. The van der Waals surface area contributed by atoms with Crippen LogP contribution in [0.3, 0.4) is 0 Å². The van der Waals surface area contributed by atoms with Crippen LogP contribution in [-0.4, -0.2) is 35.9 Å². The number of likely N-dealkylation sites (N-methyl/N-ethyl adjacent to an activating group) is 1. The van der Waals surface area contributed by atoms with Crippen molar-refractivity contribution in [2.24, 2.45) is 4.99 Å². The second-order valence-corrected chi connectivity index (χ2v) is 8.47. The van der Waals surface area contributed by atoms with Crippen molar-refractivity contribution in [2.75, 3.05) is 24.2 Å². The fraction of sp³-hybridized carbons (Fsp3) is 0.391. The third-order valence-corrected chi connectivity index (χ3v) is 6.36. The molecule has 1 aliphatic heterocycles. The molecule has 0 aliphatic carbocycles. The van der Waals surface area contributed by atoms with Gasteiger partial charge in [-0.2, -0.15) is 0 Å². The summed E-state index contributed by atoms with van der Waals surface area (Å²) in [5.74, 6) is 0.871. The first-order valence-corrected chi connectivity index (χ1v) is 11.3. The van der Waals surface area contributed by atoms with Crippen LogP contribution in [0.2, 0.25) is 0 Å². The van der Waals surface area contributed by atoms with Gasteiger partial charge in [0.15, 0.2) is 0 Å². The van der Waals surface area contributed by atoms with Crippen LogP contribution in [0.1, 0.15) is 50.2 Å². The number of thioether (sulfide) groups is 1. The molecule has 0 bridgehead atoms. The summed E-state index contributed by atoms with van der Waals surface area (Å²) in [4.78, 5) is 30.6. The summed E-state index contributed by atoms with van der Waals surface area (Å²) >= 11 is 1.78. The fourth-order valence-electron chi connectivity index (χ4n) is 3.50. The van der Waals surface area contributed by atoms with Crippen molar-refractivity contribution in [1.29, 1.82) is 0 Å². The molecule has 2 aromatic carbocycles. The molecule has 0 unspecified atom stereocenters. The van der Waals surface area contributed by atoms with Gasteiger partial charge in [0, 0.05) is 35.2 Å². The number of rotatable bonds is 9. The minimum Gasteiger partial charge on any atom is -0.313 e. The fourth-order valence-corrected chi connectivity index (χ4v) is 4.56. The second-order valence-electron chi connectivity index (χ2n) is 7.33. The Bertz CT molecular complexity index is 958. The highest BCUT2D eigenvalue weighted by molar-refractivity contribution is 7.99. The van der Waals surface area contributed by atoms with E-state index < -0.39 is 4.92 Å². The molecule has 2 aromatic rings. The molecule has 0 aromatic heterocycles. The number of hydrogen-bond acceptors (Lipinski definition) is 5. The van der Waals surface area contributed by atoms with Gasteiger partial charge in [-0.05, 0) is 24.3 Å². The Labute approximate surface area is 181 Å². The van der Waals surface area contributed by atoms with Gasteiger partial charge in [0.2, 0.25) is 5.91 Å². The predicted molar refractivity (Wildman–Crippen MR) is 123 cm³/mol.